The van der Waals surface area contributed by atoms with Gasteiger partial charge in [-0.3, -0.25) is 0 Å². The zero-order chi connectivity index (χ0) is 9.31. The third kappa shape index (κ3) is 1.54. The van der Waals surface area contributed by atoms with Crippen LogP contribution < -0.4 is 5.30 Å². The molecule has 0 N–H and O–H groups in total. The fourth-order valence-corrected chi connectivity index (χ4v) is 5.17. The topological polar surface area (TPSA) is 0 Å². The molecule has 0 aliphatic carbocycles. The van der Waals surface area contributed by atoms with Crippen LogP contribution in [-0.4, -0.2) is 6.16 Å². The van der Waals surface area contributed by atoms with E-state index < -0.39 is 6.62 Å². The van der Waals surface area contributed by atoms with Crippen LogP contribution in [0.5, 0.6) is 0 Å². The Kier molecular flexibility index (Phi) is 2.45. The summed E-state index contributed by atoms with van der Waals surface area (Å²) in [4.78, 5) is 0. The zero-order valence-corrected chi connectivity index (χ0v) is 9.35. The summed E-state index contributed by atoms with van der Waals surface area (Å²) in [5.74, 6) is 0. The van der Waals surface area contributed by atoms with Gasteiger partial charge in [0.1, 0.15) is 5.30 Å². The van der Waals surface area contributed by atoms with Gasteiger partial charge in [0, 0.05) is 6.42 Å². The molecule has 1 aliphatic heterocycles. The van der Waals surface area contributed by atoms with Gasteiger partial charge >= 0.3 is 0 Å². The average molecular weight is 212 g/mol. The monoisotopic (exact) mass is 211 g/mol. The van der Waals surface area contributed by atoms with E-state index in [1.165, 1.54) is 10.6 Å². The number of benzene rings is 1. The molecule has 1 aromatic carbocycles. The van der Waals surface area contributed by atoms with Gasteiger partial charge in [0.05, 0.1) is 22.7 Å². The Balaban J connectivity index is 2.41. The third-order valence-electron chi connectivity index (χ3n) is 2.60. The Labute approximate surface area is 84.7 Å². The lowest BCUT2D eigenvalue weighted by Gasteiger charge is -2.13. The van der Waals surface area contributed by atoms with Crippen molar-refractivity contribution in [3.63, 3.8) is 0 Å². The molecule has 68 valence electrons. The molecule has 1 heterocycles. The minimum absolute atomic E-state index is 1.14. The van der Waals surface area contributed by atoms with Crippen molar-refractivity contribution in [3.8, 4) is 0 Å². The van der Waals surface area contributed by atoms with Gasteiger partial charge in [0.25, 0.3) is 0 Å². The quantitative estimate of drug-likeness (QED) is 0.620. The van der Waals surface area contributed by atoms with Crippen molar-refractivity contribution in [1.82, 2.24) is 0 Å². The Bertz CT molecular complexity index is 331. The molecule has 2 heteroatoms. The second-order valence-corrected chi connectivity index (χ2v) is 8.24. The van der Waals surface area contributed by atoms with E-state index in [-0.39, 0.29) is 0 Å². The maximum absolute atomic E-state index is 6.69. The highest BCUT2D eigenvalue weighted by Gasteiger charge is 2.44. The first-order valence-electron chi connectivity index (χ1n) is 4.54. The summed E-state index contributed by atoms with van der Waals surface area (Å²) < 4.78 is 0. The first-order valence-corrected chi connectivity index (χ1v) is 7.42. The van der Waals surface area contributed by atoms with Crippen molar-refractivity contribution < 1.29 is 0 Å². The second-order valence-electron chi connectivity index (χ2n) is 3.41. The number of hydrogen-bond donors (Lipinski definition) is 0. The SMILES string of the molecule is CC1=CCC[P+]1(Cl)c1ccccc1. The van der Waals surface area contributed by atoms with Gasteiger partial charge in [-0.1, -0.05) is 18.2 Å². The fourth-order valence-electron chi connectivity index (χ4n) is 1.77. The molecule has 2 rings (SSSR count). The lowest BCUT2D eigenvalue weighted by Crippen LogP contribution is -2.06. The summed E-state index contributed by atoms with van der Waals surface area (Å²) in [6.07, 6.45) is 4.58. The van der Waals surface area contributed by atoms with Crippen molar-refractivity contribution in [2.24, 2.45) is 0 Å². The fraction of sp³-hybridized carbons (Fsp3) is 0.273. The van der Waals surface area contributed by atoms with Crippen LogP contribution in [0.15, 0.2) is 41.7 Å². The molecule has 0 saturated carbocycles. The van der Waals surface area contributed by atoms with Crippen LogP contribution >= 0.6 is 17.9 Å². The van der Waals surface area contributed by atoms with Crippen LogP contribution in [0.2, 0.25) is 0 Å². The van der Waals surface area contributed by atoms with E-state index in [1.807, 2.05) is 6.07 Å². The highest BCUT2D eigenvalue weighted by molar-refractivity contribution is 8.07. The molecule has 1 aromatic rings. The van der Waals surface area contributed by atoms with Crippen LogP contribution in [0.25, 0.3) is 0 Å². The molecular weight excluding hydrogens is 199 g/mol. The molecule has 0 aromatic heterocycles. The van der Waals surface area contributed by atoms with Crippen molar-refractivity contribution >= 4 is 23.2 Å². The van der Waals surface area contributed by atoms with Gasteiger partial charge in [0.15, 0.2) is 6.62 Å². The van der Waals surface area contributed by atoms with E-state index in [0.717, 1.165) is 12.6 Å². The summed E-state index contributed by atoms with van der Waals surface area (Å²) in [6, 6.07) is 10.5. The molecule has 0 amide bonds. The molecule has 1 atom stereocenters. The van der Waals surface area contributed by atoms with Crippen molar-refractivity contribution in [2.45, 2.75) is 13.3 Å². The summed E-state index contributed by atoms with van der Waals surface area (Å²) in [5.41, 5.74) is 0. The van der Waals surface area contributed by atoms with Gasteiger partial charge < -0.3 is 0 Å². The summed E-state index contributed by atoms with van der Waals surface area (Å²) >= 11 is 6.69. The van der Waals surface area contributed by atoms with E-state index in [0.29, 0.717) is 0 Å². The predicted molar refractivity (Wildman–Crippen MR) is 62.1 cm³/mol. The van der Waals surface area contributed by atoms with E-state index in [4.69, 9.17) is 11.2 Å². The minimum Gasteiger partial charge on any atom is -0.0620 e. The van der Waals surface area contributed by atoms with Crippen LogP contribution in [0, 0.1) is 0 Å². The van der Waals surface area contributed by atoms with Gasteiger partial charge in [-0.25, -0.2) is 0 Å². The number of halogens is 1. The van der Waals surface area contributed by atoms with Gasteiger partial charge in [-0.05, 0) is 25.1 Å². The van der Waals surface area contributed by atoms with Crippen molar-refractivity contribution in [1.29, 1.82) is 0 Å². The standard InChI is InChI=1S/C11H13ClP/c1-10-6-5-9-13(10,12)11-7-3-2-4-8-11/h2-4,6-8H,5,9H2,1H3/q+1. The van der Waals surface area contributed by atoms with Gasteiger partial charge in [-0.15, -0.1) is 0 Å². The van der Waals surface area contributed by atoms with Gasteiger partial charge in [-0.2, -0.15) is 0 Å². The molecule has 1 unspecified atom stereocenters. The van der Waals surface area contributed by atoms with E-state index in [9.17, 15) is 0 Å². The third-order valence-corrected chi connectivity index (χ3v) is 7.79. The zero-order valence-electron chi connectivity index (χ0n) is 7.70. The highest BCUT2D eigenvalue weighted by Crippen LogP contribution is 2.72. The maximum Gasteiger partial charge on any atom is 0.173 e. The van der Waals surface area contributed by atoms with Crippen molar-refractivity contribution in [2.75, 3.05) is 6.16 Å². The number of allylic oxidation sites excluding steroid dienone is 2. The van der Waals surface area contributed by atoms with Crippen LogP contribution in [0.1, 0.15) is 13.3 Å². The highest BCUT2D eigenvalue weighted by atomic mass is 35.7. The average Bonchev–Trinajstić information content (AvgIpc) is 2.50. The minimum atomic E-state index is -1.43. The van der Waals surface area contributed by atoms with E-state index in [2.05, 4.69) is 37.3 Å². The summed E-state index contributed by atoms with van der Waals surface area (Å²) in [5, 5.41) is 2.74. The Morgan fingerprint density at radius 1 is 1.23 bits per heavy atom. The summed E-state index contributed by atoms with van der Waals surface area (Å²) in [6.45, 7) is 0.737. The maximum atomic E-state index is 6.69. The lowest BCUT2D eigenvalue weighted by molar-refractivity contribution is 1.26. The molecule has 0 nitrogen and oxygen atoms in total. The van der Waals surface area contributed by atoms with Crippen molar-refractivity contribution in [3.05, 3.63) is 41.7 Å². The van der Waals surface area contributed by atoms with Crippen LogP contribution in [0.4, 0.5) is 0 Å². The Morgan fingerprint density at radius 3 is 2.46 bits per heavy atom. The normalized spacial score (nSPS) is 27.4. The first-order chi connectivity index (χ1) is 6.23. The molecule has 0 fully saturated rings. The van der Waals surface area contributed by atoms with E-state index >= 15 is 0 Å². The number of rotatable bonds is 1. The molecule has 13 heavy (non-hydrogen) atoms. The smallest absolute Gasteiger partial charge is 0.0620 e. The molecule has 1 aliphatic rings. The summed E-state index contributed by atoms with van der Waals surface area (Å²) in [7, 11) is 0. The predicted octanol–water partition coefficient (Wildman–Crippen LogP) is 3.79. The van der Waals surface area contributed by atoms with Crippen LogP contribution in [0.3, 0.4) is 0 Å². The molecule has 0 saturated heterocycles. The van der Waals surface area contributed by atoms with E-state index in [1.54, 1.807) is 0 Å². The second kappa shape index (κ2) is 3.44. The molecule has 0 spiro atoms. The molecule has 0 bridgehead atoms. The van der Waals surface area contributed by atoms with Gasteiger partial charge in [0.2, 0.25) is 0 Å². The largest absolute Gasteiger partial charge is 0.173 e. The number of hydrogen-bond acceptors (Lipinski definition) is 0. The first kappa shape index (κ1) is 9.24. The molecule has 0 radical (unpaired) electrons. The Hall–Kier alpha value is -0.320. The van der Waals surface area contributed by atoms with Crippen LogP contribution in [-0.2, 0) is 0 Å². The molecular formula is C11H13ClP+. The Morgan fingerprint density at radius 2 is 1.92 bits per heavy atom. The lowest BCUT2D eigenvalue weighted by atomic mass is 10.4.